The molecule has 6 atom stereocenters. The summed E-state index contributed by atoms with van der Waals surface area (Å²) in [6.45, 7) is 7.28. The van der Waals surface area contributed by atoms with Crippen molar-refractivity contribution in [3.8, 4) is 0 Å². The lowest BCUT2D eigenvalue weighted by Gasteiger charge is -2.21. The lowest BCUT2D eigenvalue weighted by atomic mass is 9.99. The SMILES string of the molecule is CCCCCCCCCCCCCCCCCCCCCC(=O)O[C@H](COC(=O)CCCCCCCCCCCCCCCCC)COP(=O)(O)OC[C@@H](O)COP(=O)(O)OC[C@@H](COC(=O)CCCCCCCCCCC)OC(=O)CCCCCCCCCCC(C)CC. The van der Waals surface area contributed by atoms with Crippen LogP contribution in [0.25, 0.3) is 0 Å². The van der Waals surface area contributed by atoms with Crippen LogP contribution in [-0.2, 0) is 65.4 Å². The van der Waals surface area contributed by atoms with E-state index >= 15 is 0 Å². The smallest absolute Gasteiger partial charge is 0.462 e. The van der Waals surface area contributed by atoms with E-state index in [0.717, 1.165) is 95.8 Å². The van der Waals surface area contributed by atoms with Crippen molar-refractivity contribution in [2.45, 2.75) is 419 Å². The monoisotopic (exact) mass is 1400 g/mol. The fourth-order valence-electron chi connectivity index (χ4n) is 11.7. The molecule has 0 aromatic heterocycles. The van der Waals surface area contributed by atoms with Crippen LogP contribution in [0, 0.1) is 5.92 Å². The van der Waals surface area contributed by atoms with E-state index in [4.69, 9.17) is 37.0 Å². The Hall–Kier alpha value is -1.94. The second-order valence-corrected chi connectivity index (χ2v) is 30.5. The molecular weight excluding hydrogens is 1250 g/mol. The number of carbonyl (C=O) groups excluding carboxylic acids is 4. The Balaban J connectivity index is 5.22. The highest BCUT2D eigenvalue weighted by Crippen LogP contribution is 2.45. The number of phosphoric ester groups is 2. The number of rotatable bonds is 76. The summed E-state index contributed by atoms with van der Waals surface area (Å²) in [4.78, 5) is 72.8. The molecule has 0 rings (SSSR count). The highest BCUT2D eigenvalue weighted by atomic mass is 31.2. The van der Waals surface area contributed by atoms with Gasteiger partial charge in [-0.1, -0.05) is 349 Å². The zero-order valence-corrected chi connectivity index (χ0v) is 63.6. The molecule has 0 saturated carbocycles. The number of carbonyl (C=O) groups is 4. The number of aliphatic hydroxyl groups excluding tert-OH is 1. The van der Waals surface area contributed by atoms with E-state index in [2.05, 4.69) is 34.6 Å². The highest BCUT2D eigenvalue weighted by Gasteiger charge is 2.30. The number of phosphoric acid groups is 2. The molecule has 564 valence electrons. The lowest BCUT2D eigenvalue weighted by Crippen LogP contribution is -2.30. The Bertz CT molecular complexity index is 1820. The largest absolute Gasteiger partial charge is 0.472 e. The van der Waals surface area contributed by atoms with Gasteiger partial charge in [-0.3, -0.25) is 37.3 Å². The standard InChI is InChI=1S/C76H148O17P2/c1-6-10-13-16-19-22-24-26-28-29-30-31-33-35-37-40-46-51-56-61-75(80)92-71(66-87-74(79)60-55-50-45-39-36-34-32-27-25-23-20-17-14-11-7-2)67-90-94(82,83)88-63-70(77)64-89-95(84,85)91-68-72(65-86-73(78)59-54-49-44-38-21-18-15-12-8-3)93-76(81)62-57-52-47-42-41-43-48-53-58-69(5)9-4/h69-72,77H,6-68H2,1-5H3,(H,82,83)(H,84,85)/t69?,70-,71-,72-/m1/s1. The Morgan fingerprint density at radius 1 is 0.295 bits per heavy atom. The Kier molecular flexibility index (Phi) is 67.7. The summed E-state index contributed by atoms with van der Waals surface area (Å²) in [5.41, 5.74) is 0. The summed E-state index contributed by atoms with van der Waals surface area (Å²) in [5.74, 6) is -1.35. The number of ether oxygens (including phenoxy) is 4. The first-order valence-electron chi connectivity index (χ1n) is 39.7. The van der Waals surface area contributed by atoms with Gasteiger partial charge in [-0.25, -0.2) is 9.13 Å². The van der Waals surface area contributed by atoms with E-state index in [-0.39, 0.29) is 25.7 Å². The van der Waals surface area contributed by atoms with Crippen molar-refractivity contribution in [3.63, 3.8) is 0 Å². The van der Waals surface area contributed by atoms with Crippen molar-refractivity contribution in [1.29, 1.82) is 0 Å². The average Bonchev–Trinajstić information content (AvgIpc) is 2.21. The molecule has 3 unspecified atom stereocenters. The van der Waals surface area contributed by atoms with E-state index in [1.165, 1.54) is 225 Å². The molecule has 0 heterocycles. The maximum absolute atomic E-state index is 13.1. The normalized spacial score (nSPS) is 14.2. The van der Waals surface area contributed by atoms with Crippen molar-refractivity contribution in [2.24, 2.45) is 5.92 Å². The maximum atomic E-state index is 13.1. The van der Waals surface area contributed by atoms with Gasteiger partial charge in [-0.2, -0.15) is 0 Å². The summed E-state index contributed by atoms with van der Waals surface area (Å²) in [5, 5.41) is 10.6. The van der Waals surface area contributed by atoms with Gasteiger partial charge in [0.15, 0.2) is 12.2 Å². The number of hydrogen-bond acceptors (Lipinski definition) is 15. The second-order valence-electron chi connectivity index (χ2n) is 27.6. The zero-order valence-electron chi connectivity index (χ0n) is 61.8. The predicted octanol–water partition coefficient (Wildman–Crippen LogP) is 22.5. The fourth-order valence-corrected chi connectivity index (χ4v) is 13.3. The highest BCUT2D eigenvalue weighted by molar-refractivity contribution is 7.47. The number of aliphatic hydroxyl groups is 1. The van der Waals surface area contributed by atoms with Crippen LogP contribution in [0.15, 0.2) is 0 Å². The molecule has 0 radical (unpaired) electrons. The van der Waals surface area contributed by atoms with E-state index in [9.17, 15) is 43.2 Å². The molecule has 0 saturated heterocycles. The maximum Gasteiger partial charge on any atom is 0.472 e. The van der Waals surface area contributed by atoms with Gasteiger partial charge in [-0.05, 0) is 31.6 Å². The first kappa shape index (κ1) is 93.1. The fraction of sp³-hybridized carbons (Fsp3) is 0.947. The summed E-state index contributed by atoms with van der Waals surface area (Å²) in [6.07, 6.45) is 58.2. The van der Waals surface area contributed by atoms with Crippen LogP contribution in [-0.4, -0.2) is 96.7 Å². The van der Waals surface area contributed by atoms with E-state index in [1.807, 2.05) is 0 Å². The minimum absolute atomic E-state index is 0.105. The molecule has 0 spiro atoms. The van der Waals surface area contributed by atoms with Gasteiger partial charge >= 0.3 is 39.5 Å². The first-order chi connectivity index (χ1) is 46.1. The third-order valence-corrected chi connectivity index (χ3v) is 20.0. The molecular formula is C76H148O17P2. The molecule has 0 fully saturated rings. The summed E-state index contributed by atoms with van der Waals surface area (Å²) >= 11 is 0. The van der Waals surface area contributed by atoms with Crippen LogP contribution < -0.4 is 0 Å². The third kappa shape index (κ3) is 69.0. The van der Waals surface area contributed by atoms with Crippen LogP contribution in [0.4, 0.5) is 0 Å². The average molecular weight is 1400 g/mol. The quantitative estimate of drug-likeness (QED) is 0.0222. The first-order valence-corrected chi connectivity index (χ1v) is 42.7. The molecule has 0 aromatic rings. The molecule has 0 amide bonds. The third-order valence-electron chi connectivity index (χ3n) is 18.1. The molecule has 19 heteroatoms. The van der Waals surface area contributed by atoms with Crippen molar-refractivity contribution in [3.05, 3.63) is 0 Å². The summed E-state index contributed by atoms with van der Waals surface area (Å²) < 4.78 is 68.5. The molecule has 0 aliphatic carbocycles. The Morgan fingerprint density at radius 3 is 0.747 bits per heavy atom. The summed E-state index contributed by atoms with van der Waals surface area (Å²) in [6, 6.07) is 0. The van der Waals surface area contributed by atoms with Gasteiger partial charge in [0, 0.05) is 25.7 Å². The zero-order chi connectivity index (χ0) is 69.8. The van der Waals surface area contributed by atoms with Crippen LogP contribution in [0.2, 0.25) is 0 Å². The number of unbranched alkanes of at least 4 members (excludes halogenated alkanes) is 47. The van der Waals surface area contributed by atoms with Crippen LogP contribution in [0.1, 0.15) is 401 Å². The van der Waals surface area contributed by atoms with Crippen molar-refractivity contribution < 1.29 is 80.2 Å². The van der Waals surface area contributed by atoms with Gasteiger partial charge in [0.1, 0.15) is 19.3 Å². The van der Waals surface area contributed by atoms with E-state index in [0.29, 0.717) is 25.7 Å². The van der Waals surface area contributed by atoms with Gasteiger partial charge < -0.3 is 33.8 Å². The molecule has 3 N–H and O–H groups in total. The summed E-state index contributed by atoms with van der Waals surface area (Å²) in [7, 11) is -9.91. The predicted molar refractivity (Wildman–Crippen MR) is 386 cm³/mol. The van der Waals surface area contributed by atoms with Gasteiger partial charge in [0.05, 0.1) is 26.4 Å². The van der Waals surface area contributed by atoms with Crippen molar-refractivity contribution in [2.75, 3.05) is 39.6 Å². The second kappa shape index (κ2) is 69.2. The number of esters is 4. The topological polar surface area (TPSA) is 237 Å². The van der Waals surface area contributed by atoms with Crippen LogP contribution in [0.3, 0.4) is 0 Å². The van der Waals surface area contributed by atoms with Gasteiger partial charge in [-0.15, -0.1) is 0 Å². The number of hydrogen-bond donors (Lipinski definition) is 3. The molecule has 0 aliphatic rings. The van der Waals surface area contributed by atoms with Crippen LogP contribution in [0.5, 0.6) is 0 Å². The molecule has 0 aliphatic heterocycles. The Morgan fingerprint density at radius 2 is 0.505 bits per heavy atom. The minimum Gasteiger partial charge on any atom is -0.462 e. The van der Waals surface area contributed by atoms with E-state index < -0.39 is 97.5 Å². The lowest BCUT2D eigenvalue weighted by molar-refractivity contribution is -0.161. The molecule has 0 bridgehead atoms. The van der Waals surface area contributed by atoms with Crippen molar-refractivity contribution >= 4 is 39.5 Å². The minimum atomic E-state index is -4.96. The van der Waals surface area contributed by atoms with E-state index in [1.54, 1.807) is 0 Å². The molecule has 95 heavy (non-hydrogen) atoms. The molecule has 0 aromatic carbocycles. The Labute approximate surface area is 581 Å². The van der Waals surface area contributed by atoms with Gasteiger partial charge in [0.25, 0.3) is 0 Å². The van der Waals surface area contributed by atoms with Crippen molar-refractivity contribution in [1.82, 2.24) is 0 Å². The van der Waals surface area contributed by atoms with Crippen LogP contribution >= 0.6 is 15.6 Å². The van der Waals surface area contributed by atoms with Gasteiger partial charge in [0.2, 0.25) is 0 Å². The molecule has 17 nitrogen and oxygen atoms in total.